The van der Waals surface area contributed by atoms with E-state index in [4.69, 9.17) is 9.05 Å². The van der Waals surface area contributed by atoms with Crippen LogP contribution in [0.4, 0.5) is 15.9 Å². The summed E-state index contributed by atoms with van der Waals surface area (Å²) < 4.78 is 25.1. The molecule has 3 aromatic heterocycles. The van der Waals surface area contributed by atoms with Gasteiger partial charge in [-0.15, -0.1) is 11.3 Å². The molecule has 4 heterocycles. The first-order valence-electron chi connectivity index (χ1n) is 11.7. The van der Waals surface area contributed by atoms with Crippen molar-refractivity contribution in [2.24, 2.45) is 0 Å². The highest BCUT2D eigenvalue weighted by Crippen LogP contribution is 2.27. The fourth-order valence-corrected chi connectivity index (χ4v) is 4.83. The van der Waals surface area contributed by atoms with Gasteiger partial charge in [-0.25, -0.2) is 4.39 Å². The lowest BCUT2D eigenvalue weighted by molar-refractivity contribution is -0.130. The molecule has 0 aliphatic carbocycles. The van der Waals surface area contributed by atoms with E-state index < -0.39 is 0 Å². The Hall–Kier alpha value is -4.19. The molecular formula is C25H25FN6O4S. The molecular weight excluding hydrogens is 499 g/mol. The Balaban J connectivity index is 1.13. The normalized spacial score (nSPS) is 13.6. The van der Waals surface area contributed by atoms with Crippen LogP contribution in [-0.2, 0) is 11.3 Å². The third kappa shape index (κ3) is 5.80. The predicted molar refractivity (Wildman–Crippen MR) is 136 cm³/mol. The van der Waals surface area contributed by atoms with Gasteiger partial charge < -0.3 is 29.5 Å². The number of thiophene rings is 1. The van der Waals surface area contributed by atoms with Gasteiger partial charge in [-0.05, 0) is 31.2 Å². The molecule has 0 spiro atoms. The first-order valence-corrected chi connectivity index (χ1v) is 12.5. The average molecular weight is 525 g/mol. The standard InChI is InChI=1S/C25H25FN6O4S/c1-16-2-5-22(37-16)25(34)28-15-24(33)32-9-7-31(8-10-32)21-4-3-17(12-19(21)26)20-13-18(36-29-20)14-27-23-6-11-35-30-23/h2-6,11-13H,7-10,14-15H2,1H3,(H,27,30)(H,28,34). The summed E-state index contributed by atoms with van der Waals surface area (Å²) in [7, 11) is 0. The van der Waals surface area contributed by atoms with Crippen LogP contribution >= 0.6 is 11.3 Å². The Morgan fingerprint density at radius 2 is 1.92 bits per heavy atom. The Morgan fingerprint density at radius 3 is 2.62 bits per heavy atom. The van der Waals surface area contributed by atoms with Gasteiger partial charge in [0.25, 0.3) is 5.91 Å². The lowest BCUT2D eigenvalue weighted by Crippen LogP contribution is -2.51. The highest BCUT2D eigenvalue weighted by molar-refractivity contribution is 7.13. The molecule has 1 aromatic carbocycles. The Labute approximate surface area is 216 Å². The molecule has 1 fully saturated rings. The van der Waals surface area contributed by atoms with Crippen molar-refractivity contribution in [3.05, 3.63) is 70.1 Å². The lowest BCUT2D eigenvalue weighted by Gasteiger charge is -2.36. The average Bonchev–Trinajstić information content (AvgIpc) is 3.68. The van der Waals surface area contributed by atoms with E-state index in [0.29, 0.717) is 66.1 Å². The number of halogens is 1. The Morgan fingerprint density at radius 1 is 1.08 bits per heavy atom. The maximum atomic E-state index is 15.0. The highest BCUT2D eigenvalue weighted by Gasteiger charge is 2.24. The number of amides is 2. The van der Waals surface area contributed by atoms with Crippen molar-refractivity contribution in [2.75, 3.05) is 42.9 Å². The summed E-state index contributed by atoms with van der Waals surface area (Å²) in [6, 6.07) is 12.0. The zero-order valence-corrected chi connectivity index (χ0v) is 20.9. The minimum atomic E-state index is -0.374. The Bertz CT molecular complexity index is 1380. The van der Waals surface area contributed by atoms with Crippen LogP contribution < -0.4 is 15.5 Å². The van der Waals surface area contributed by atoms with Crippen molar-refractivity contribution in [1.29, 1.82) is 0 Å². The van der Waals surface area contributed by atoms with E-state index in [0.717, 1.165) is 4.88 Å². The lowest BCUT2D eigenvalue weighted by atomic mass is 10.1. The molecule has 192 valence electrons. The highest BCUT2D eigenvalue weighted by atomic mass is 32.1. The summed E-state index contributed by atoms with van der Waals surface area (Å²) in [5.41, 5.74) is 1.59. The molecule has 0 radical (unpaired) electrons. The molecule has 1 saturated heterocycles. The molecule has 1 aliphatic rings. The van der Waals surface area contributed by atoms with E-state index in [1.165, 1.54) is 23.7 Å². The molecule has 0 saturated carbocycles. The number of nitrogens with zero attached hydrogens (tertiary/aromatic N) is 4. The topological polar surface area (TPSA) is 117 Å². The van der Waals surface area contributed by atoms with Crippen molar-refractivity contribution < 1.29 is 23.0 Å². The zero-order valence-electron chi connectivity index (χ0n) is 20.1. The number of hydrogen-bond donors (Lipinski definition) is 2. The number of hydrogen-bond acceptors (Lipinski definition) is 9. The van der Waals surface area contributed by atoms with E-state index in [9.17, 15) is 9.59 Å². The summed E-state index contributed by atoms with van der Waals surface area (Å²) in [5, 5.41) is 13.5. The second kappa shape index (κ2) is 10.8. The van der Waals surface area contributed by atoms with E-state index in [1.807, 2.05) is 17.9 Å². The molecule has 0 unspecified atom stereocenters. The molecule has 37 heavy (non-hydrogen) atoms. The second-order valence-electron chi connectivity index (χ2n) is 8.54. The molecule has 0 bridgehead atoms. The number of carbonyl (C=O) groups is 2. The molecule has 2 amide bonds. The molecule has 12 heteroatoms. The largest absolute Gasteiger partial charge is 0.366 e. The van der Waals surface area contributed by atoms with E-state index in [2.05, 4.69) is 20.9 Å². The van der Waals surface area contributed by atoms with Gasteiger partial charge in [0.1, 0.15) is 17.8 Å². The van der Waals surface area contributed by atoms with Crippen LogP contribution in [0.15, 0.2) is 57.8 Å². The SMILES string of the molecule is Cc1ccc(C(=O)NCC(=O)N2CCN(c3ccc(-c4cc(CNc5ccon5)on4)cc3F)CC2)s1. The van der Waals surface area contributed by atoms with Gasteiger partial charge in [0.2, 0.25) is 5.91 Å². The van der Waals surface area contributed by atoms with Gasteiger partial charge >= 0.3 is 0 Å². The molecule has 10 nitrogen and oxygen atoms in total. The predicted octanol–water partition coefficient (Wildman–Crippen LogP) is 3.53. The summed E-state index contributed by atoms with van der Waals surface area (Å²) >= 11 is 1.39. The molecule has 5 rings (SSSR count). The zero-order chi connectivity index (χ0) is 25.8. The van der Waals surface area contributed by atoms with Crippen LogP contribution in [0.25, 0.3) is 11.3 Å². The number of benzene rings is 1. The van der Waals surface area contributed by atoms with Crippen LogP contribution in [0.5, 0.6) is 0 Å². The molecule has 2 N–H and O–H groups in total. The first kappa shape index (κ1) is 24.5. The van der Waals surface area contributed by atoms with Crippen LogP contribution in [0.1, 0.15) is 20.3 Å². The van der Waals surface area contributed by atoms with Crippen LogP contribution in [0, 0.1) is 12.7 Å². The first-order chi connectivity index (χ1) is 18.0. The number of aryl methyl sites for hydroxylation is 1. The van der Waals surface area contributed by atoms with Crippen molar-refractivity contribution in [3.8, 4) is 11.3 Å². The maximum Gasteiger partial charge on any atom is 0.261 e. The minimum Gasteiger partial charge on any atom is -0.366 e. The van der Waals surface area contributed by atoms with Gasteiger partial charge in [0, 0.05) is 48.8 Å². The van der Waals surface area contributed by atoms with Gasteiger partial charge in [0.15, 0.2) is 11.6 Å². The van der Waals surface area contributed by atoms with E-state index >= 15 is 4.39 Å². The van der Waals surface area contributed by atoms with Crippen molar-refractivity contribution in [1.82, 2.24) is 20.5 Å². The van der Waals surface area contributed by atoms with Gasteiger partial charge in [-0.1, -0.05) is 16.4 Å². The third-order valence-corrected chi connectivity index (χ3v) is 7.02. The van der Waals surface area contributed by atoms with Crippen molar-refractivity contribution in [3.63, 3.8) is 0 Å². The Kier molecular flexibility index (Phi) is 7.17. The summed E-state index contributed by atoms with van der Waals surface area (Å²) in [6.45, 7) is 4.09. The maximum absolute atomic E-state index is 15.0. The summed E-state index contributed by atoms with van der Waals surface area (Å²) in [4.78, 5) is 30.0. The minimum absolute atomic E-state index is 0.0629. The van der Waals surface area contributed by atoms with Crippen LogP contribution in [0.3, 0.4) is 0 Å². The molecule has 4 aromatic rings. The third-order valence-electron chi connectivity index (χ3n) is 6.02. The number of rotatable bonds is 8. The second-order valence-corrected chi connectivity index (χ2v) is 9.83. The monoisotopic (exact) mass is 524 g/mol. The number of nitrogens with one attached hydrogen (secondary N) is 2. The van der Waals surface area contributed by atoms with Crippen molar-refractivity contribution in [2.45, 2.75) is 13.5 Å². The number of aromatic nitrogens is 2. The van der Waals surface area contributed by atoms with Crippen molar-refractivity contribution >= 4 is 34.7 Å². The van der Waals surface area contributed by atoms with Gasteiger partial charge in [-0.3, -0.25) is 9.59 Å². The summed E-state index contributed by atoms with van der Waals surface area (Å²) in [6.07, 6.45) is 1.46. The quantitative estimate of drug-likeness (QED) is 0.360. The number of piperazine rings is 1. The van der Waals surface area contributed by atoms with Crippen LogP contribution in [0.2, 0.25) is 0 Å². The van der Waals surface area contributed by atoms with E-state index in [1.54, 1.807) is 35.2 Å². The smallest absolute Gasteiger partial charge is 0.261 e. The van der Waals surface area contributed by atoms with Gasteiger partial charge in [-0.2, -0.15) is 0 Å². The number of anilines is 2. The van der Waals surface area contributed by atoms with Crippen LogP contribution in [-0.4, -0.2) is 59.8 Å². The molecule has 0 atom stereocenters. The molecule has 1 aliphatic heterocycles. The van der Waals surface area contributed by atoms with E-state index in [-0.39, 0.29) is 24.2 Å². The summed E-state index contributed by atoms with van der Waals surface area (Å²) in [5.74, 6) is 0.369. The van der Waals surface area contributed by atoms with Gasteiger partial charge in [0.05, 0.1) is 23.7 Å². The fraction of sp³-hybridized carbons (Fsp3) is 0.280. The fourth-order valence-electron chi connectivity index (χ4n) is 4.04. The number of carbonyl (C=O) groups excluding carboxylic acids is 2.